The molecule has 2 aromatic rings. The Morgan fingerprint density at radius 2 is 1.70 bits per heavy atom. The lowest BCUT2D eigenvalue weighted by molar-refractivity contribution is 0.461. The van der Waals surface area contributed by atoms with Crippen molar-refractivity contribution >= 4 is 28.7 Å². The quantitative estimate of drug-likeness (QED) is 0.490. The van der Waals surface area contributed by atoms with E-state index in [0.29, 0.717) is 6.04 Å². The number of nitrogens with one attached hydrogen (secondary N) is 1. The molecule has 33 heavy (non-hydrogen) atoms. The first-order valence-corrected chi connectivity index (χ1v) is 12.5. The Balaban J connectivity index is 1.35. The van der Waals surface area contributed by atoms with E-state index in [1.807, 2.05) is 0 Å². The van der Waals surface area contributed by atoms with Crippen molar-refractivity contribution in [3.63, 3.8) is 0 Å². The molecular weight excluding hydrogens is 424 g/mol. The summed E-state index contributed by atoms with van der Waals surface area (Å²) >= 11 is 6.94. The number of benzene rings is 2. The van der Waals surface area contributed by atoms with Crippen molar-refractivity contribution in [2.75, 3.05) is 5.32 Å². The zero-order valence-electron chi connectivity index (χ0n) is 20.1. The van der Waals surface area contributed by atoms with Crippen molar-refractivity contribution < 1.29 is 0 Å². The molecule has 3 aliphatic rings. The highest BCUT2D eigenvalue weighted by Gasteiger charge is 2.38. The van der Waals surface area contributed by atoms with Crippen LogP contribution in [0.1, 0.15) is 64.5 Å². The normalized spacial score (nSPS) is 24.1. The Labute approximate surface area is 203 Å². The van der Waals surface area contributed by atoms with E-state index in [4.69, 9.17) is 16.6 Å². The highest BCUT2D eigenvalue weighted by molar-refractivity contribution is 6.32. The highest BCUT2D eigenvalue weighted by Crippen LogP contribution is 2.43. The summed E-state index contributed by atoms with van der Waals surface area (Å²) in [5, 5.41) is 4.67. The first kappa shape index (κ1) is 22.2. The molecule has 170 valence electrons. The van der Waals surface area contributed by atoms with Gasteiger partial charge in [-0.2, -0.15) is 0 Å². The maximum absolute atomic E-state index is 6.94. The fraction of sp³-hybridized carbons (Fsp3) is 0.367. The lowest BCUT2D eigenvalue weighted by Crippen LogP contribution is -2.32. The Morgan fingerprint density at radius 3 is 2.45 bits per heavy atom. The van der Waals surface area contributed by atoms with Crippen LogP contribution in [0, 0.1) is 0 Å². The molecule has 3 heteroatoms. The predicted molar refractivity (Wildman–Crippen MR) is 142 cm³/mol. The minimum Gasteiger partial charge on any atom is -0.381 e. The minimum atomic E-state index is -0.0812. The topological polar surface area (TPSA) is 24.4 Å². The molecule has 5 rings (SSSR count). The van der Waals surface area contributed by atoms with E-state index >= 15 is 0 Å². The summed E-state index contributed by atoms with van der Waals surface area (Å²) in [5.74, 6) is 0. The molecule has 0 aromatic heterocycles. The van der Waals surface area contributed by atoms with Gasteiger partial charge in [-0.1, -0.05) is 87.8 Å². The smallest absolute Gasteiger partial charge is 0.0674 e. The Bertz CT molecular complexity index is 1210. The van der Waals surface area contributed by atoms with Gasteiger partial charge in [0.05, 0.1) is 11.4 Å². The van der Waals surface area contributed by atoms with Crippen LogP contribution in [0.3, 0.4) is 0 Å². The molecule has 0 radical (unpaired) electrons. The molecule has 0 fully saturated rings. The number of para-hydroxylation sites is 2. The molecule has 1 N–H and O–H groups in total. The zero-order valence-corrected chi connectivity index (χ0v) is 20.8. The number of nitrogens with zero attached hydrogens (tertiary/aromatic N) is 1. The molecule has 1 aliphatic carbocycles. The monoisotopic (exact) mass is 456 g/mol. The third-order valence-corrected chi connectivity index (χ3v) is 8.26. The van der Waals surface area contributed by atoms with Gasteiger partial charge < -0.3 is 5.32 Å². The van der Waals surface area contributed by atoms with Crippen molar-refractivity contribution in [2.24, 2.45) is 4.99 Å². The molecule has 2 heterocycles. The van der Waals surface area contributed by atoms with Crippen LogP contribution in [-0.4, -0.2) is 11.8 Å². The summed E-state index contributed by atoms with van der Waals surface area (Å²) in [7, 11) is 0. The van der Waals surface area contributed by atoms with Gasteiger partial charge in [0.15, 0.2) is 0 Å². The number of hydrogen-bond donors (Lipinski definition) is 1. The lowest BCUT2D eigenvalue weighted by Gasteiger charge is -2.27. The van der Waals surface area contributed by atoms with Crippen LogP contribution >= 0.6 is 11.6 Å². The largest absolute Gasteiger partial charge is 0.381 e. The average molecular weight is 457 g/mol. The fourth-order valence-corrected chi connectivity index (χ4v) is 5.84. The van der Waals surface area contributed by atoms with E-state index in [9.17, 15) is 0 Å². The SMILES string of the molecule is CC1(C)C(/C=C/C2=C(Cl)C(=C/CC3Nc4ccccc4C3(C)C)/CCC2)=Nc2ccccc21. The third kappa shape index (κ3) is 3.89. The van der Waals surface area contributed by atoms with Crippen molar-refractivity contribution in [2.45, 2.75) is 70.3 Å². The number of rotatable bonds is 4. The van der Waals surface area contributed by atoms with Gasteiger partial charge in [0.25, 0.3) is 0 Å². The third-order valence-electron chi connectivity index (χ3n) is 7.78. The Hall–Kier alpha value is -2.58. The zero-order chi connectivity index (χ0) is 23.2. The van der Waals surface area contributed by atoms with E-state index in [1.165, 1.54) is 28.0 Å². The number of allylic oxidation sites excluding steroid dienone is 5. The number of aliphatic imine (C=N–C) groups is 1. The predicted octanol–water partition coefficient (Wildman–Crippen LogP) is 8.37. The van der Waals surface area contributed by atoms with Crippen molar-refractivity contribution in [1.29, 1.82) is 0 Å². The number of fused-ring (bicyclic) bond motifs is 2. The van der Waals surface area contributed by atoms with Gasteiger partial charge in [-0.05, 0) is 66.2 Å². The second-order valence-corrected chi connectivity index (χ2v) is 11.0. The van der Waals surface area contributed by atoms with E-state index in [-0.39, 0.29) is 10.8 Å². The van der Waals surface area contributed by atoms with Crippen molar-refractivity contribution in [3.05, 3.63) is 94.1 Å². The molecule has 1 atom stereocenters. The van der Waals surface area contributed by atoms with Crippen LogP contribution < -0.4 is 5.32 Å². The van der Waals surface area contributed by atoms with Crippen LogP contribution in [0.2, 0.25) is 0 Å². The van der Waals surface area contributed by atoms with Gasteiger partial charge in [0.2, 0.25) is 0 Å². The number of halogens is 1. The number of anilines is 1. The van der Waals surface area contributed by atoms with Crippen LogP contribution in [-0.2, 0) is 10.8 Å². The number of hydrogen-bond acceptors (Lipinski definition) is 2. The second-order valence-electron chi connectivity index (χ2n) is 10.6. The molecule has 0 saturated carbocycles. The van der Waals surface area contributed by atoms with E-state index < -0.39 is 0 Å². The first-order chi connectivity index (χ1) is 15.8. The standard InChI is InChI=1S/C30H33ClN2/c1-29(2)22-12-5-7-14-24(22)32-26(29)18-16-20-10-9-11-21(28(20)31)17-19-27-30(3,4)23-13-6-8-15-25(23)33-27/h5-8,12-18,27,33H,9-11,19H2,1-4H3/b18-16+,21-17+. The summed E-state index contributed by atoms with van der Waals surface area (Å²) in [6.07, 6.45) is 10.9. The summed E-state index contributed by atoms with van der Waals surface area (Å²) < 4.78 is 0. The van der Waals surface area contributed by atoms with Gasteiger partial charge in [-0.25, -0.2) is 0 Å². The summed E-state index contributed by atoms with van der Waals surface area (Å²) in [4.78, 5) is 4.90. The Morgan fingerprint density at radius 1 is 0.970 bits per heavy atom. The first-order valence-electron chi connectivity index (χ1n) is 12.1. The lowest BCUT2D eigenvalue weighted by atomic mass is 9.79. The van der Waals surface area contributed by atoms with Crippen LogP contribution in [0.25, 0.3) is 0 Å². The van der Waals surface area contributed by atoms with Gasteiger partial charge >= 0.3 is 0 Å². The fourth-order valence-electron chi connectivity index (χ4n) is 5.52. The molecule has 2 aromatic carbocycles. The summed E-state index contributed by atoms with van der Waals surface area (Å²) in [5.41, 5.74) is 8.68. The van der Waals surface area contributed by atoms with Crippen LogP contribution in [0.5, 0.6) is 0 Å². The summed E-state index contributed by atoms with van der Waals surface area (Å²) in [6.45, 7) is 9.17. The minimum absolute atomic E-state index is 0.0812. The van der Waals surface area contributed by atoms with Gasteiger partial charge in [0, 0.05) is 27.6 Å². The van der Waals surface area contributed by atoms with Crippen LogP contribution in [0.15, 0.2) is 87.9 Å². The molecule has 0 spiro atoms. The molecular formula is C30H33ClN2. The molecule has 0 saturated heterocycles. The molecule has 0 bridgehead atoms. The maximum Gasteiger partial charge on any atom is 0.0674 e. The maximum atomic E-state index is 6.94. The summed E-state index contributed by atoms with van der Waals surface area (Å²) in [6, 6.07) is 17.5. The van der Waals surface area contributed by atoms with Gasteiger partial charge in [-0.15, -0.1) is 0 Å². The van der Waals surface area contributed by atoms with Crippen molar-refractivity contribution in [3.8, 4) is 0 Å². The van der Waals surface area contributed by atoms with Crippen LogP contribution in [0.4, 0.5) is 11.4 Å². The molecule has 2 nitrogen and oxygen atoms in total. The molecule has 1 unspecified atom stereocenters. The second kappa shape index (κ2) is 8.33. The van der Waals surface area contributed by atoms with Gasteiger partial charge in [0.1, 0.15) is 0 Å². The molecule has 0 amide bonds. The van der Waals surface area contributed by atoms with E-state index in [1.54, 1.807) is 0 Å². The van der Waals surface area contributed by atoms with Gasteiger partial charge in [-0.3, -0.25) is 4.99 Å². The van der Waals surface area contributed by atoms with Crippen molar-refractivity contribution in [1.82, 2.24) is 0 Å². The Kier molecular flexibility index (Phi) is 5.61. The highest BCUT2D eigenvalue weighted by atomic mass is 35.5. The average Bonchev–Trinajstić information content (AvgIpc) is 3.21. The van der Waals surface area contributed by atoms with E-state index in [0.717, 1.165) is 42.1 Å². The van der Waals surface area contributed by atoms with E-state index in [2.05, 4.69) is 99.8 Å². The molecule has 2 aliphatic heterocycles.